The SMILES string of the molecule is Cc1nnc(NN)n1N.Nn1nnnc1[N+](=O)[O-]. The van der Waals surface area contributed by atoms with Crippen LogP contribution in [0.15, 0.2) is 0 Å². The predicted molar refractivity (Wildman–Crippen MR) is 57.3 cm³/mol. The molecule has 2 heterocycles. The van der Waals surface area contributed by atoms with Crippen molar-refractivity contribution in [2.45, 2.75) is 6.92 Å². The Morgan fingerprint density at radius 2 is 2.00 bits per heavy atom. The minimum Gasteiger partial charge on any atom is -0.390 e. The molecule has 0 unspecified atom stereocenters. The zero-order chi connectivity index (χ0) is 13.7. The van der Waals surface area contributed by atoms with Crippen LogP contribution in [-0.4, -0.2) is 40.1 Å². The molecule has 0 radical (unpaired) electrons. The summed E-state index contributed by atoms with van der Waals surface area (Å²) in [5.41, 5.74) is 2.28. The van der Waals surface area contributed by atoms with Gasteiger partial charge >= 0.3 is 5.95 Å². The van der Waals surface area contributed by atoms with Gasteiger partial charge in [0, 0.05) is 0 Å². The lowest BCUT2D eigenvalue weighted by Gasteiger charge is -1.96. The third-order valence-corrected chi connectivity index (χ3v) is 1.63. The molecule has 98 valence electrons. The second-order valence-electron chi connectivity index (χ2n) is 2.77. The van der Waals surface area contributed by atoms with Crippen molar-refractivity contribution in [3.63, 3.8) is 0 Å². The van der Waals surface area contributed by atoms with E-state index in [9.17, 15) is 10.1 Å². The molecule has 14 heteroatoms. The van der Waals surface area contributed by atoms with E-state index in [2.05, 4.69) is 31.1 Å². The zero-order valence-corrected chi connectivity index (χ0v) is 9.13. The van der Waals surface area contributed by atoms with Crippen molar-refractivity contribution in [3.8, 4) is 0 Å². The number of nitrogen functional groups attached to an aromatic ring is 3. The Morgan fingerprint density at radius 3 is 2.22 bits per heavy atom. The number of nitrogens with zero attached hydrogens (tertiary/aromatic N) is 8. The summed E-state index contributed by atoms with van der Waals surface area (Å²) in [6.45, 7) is 1.73. The second-order valence-corrected chi connectivity index (χ2v) is 2.77. The van der Waals surface area contributed by atoms with Crippen LogP contribution in [0.3, 0.4) is 0 Å². The number of nitrogens with one attached hydrogen (secondary N) is 1. The van der Waals surface area contributed by atoms with Gasteiger partial charge in [0.05, 0.1) is 15.5 Å². The van der Waals surface area contributed by atoms with Crippen molar-refractivity contribution in [2.75, 3.05) is 17.1 Å². The van der Waals surface area contributed by atoms with Crippen molar-refractivity contribution < 1.29 is 4.92 Å². The zero-order valence-electron chi connectivity index (χ0n) is 9.13. The van der Waals surface area contributed by atoms with E-state index in [1.165, 1.54) is 4.68 Å². The van der Waals surface area contributed by atoms with Crippen LogP contribution >= 0.6 is 0 Å². The first-order valence-corrected chi connectivity index (χ1v) is 4.29. The molecule has 0 saturated carbocycles. The number of hydrogen-bond acceptors (Lipinski definition) is 11. The Bertz CT molecular complexity index is 528. The highest BCUT2D eigenvalue weighted by molar-refractivity contribution is 5.22. The van der Waals surface area contributed by atoms with Gasteiger partial charge in [-0.15, -0.1) is 10.2 Å². The van der Waals surface area contributed by atoms with Crippen LogP contribution in [-0.2, 0) is 0 Å². The molecule has 0 saturated heterocycles. The highest BCUT2D eigenvalue weighted by atomic mass is 16.6. The fourth-order valence-corrected chi connectivity index (χ4v) is 0.777. The molecule has 0 spiro atoms. The molecule has 0 bridgehead atoms. The molecule has 0 aliphatic rings. The van der Waals surface area contributed by atoms with Gasteiger partial charge in [-0.25, -0.2) is 10.5 Å². The first-order valence-electron chi connectivity index (χ1n) is 4.29. The van der Waals surface area contributed by atoms with E-state index < -0.39 is 10.9 Å². The summed E-state index contributed by atoms with van der Waals surface area (Å²) in [6.07, 6.45) is 0. The standard InChI is InChI=1S/C3H8N6.CH2N6O2/c1-2-7-8-3(6-4)9(2)5;2-6-1(7(8)9)3-4-5-6/h4-5H2,1H3,(H,6,8);2H2. The lowest BCUT2D eigenvalue weighted by molar-refractivity contribution is -0.396. The van der Waals surface area contributed by atoms with Crippen molar-refractivity contribution >= 4 is 11.9 Å². The van der Waals surface area contributed by atoms with E-state index >= 15 is 0 Å². The Labute approximate surface area is 98.8 Å². The lowest BCUT2D eigenvalue weighted by atomic mass is 10.7. The van der Waals surface area contributed by atoms with Crippen molar-refractivity contribution in [1.29, 1.82) is 0 Å². The molecule has 0 aliphatic heterocycles. The first-order chi connectivity index (χ1) is 8.47. The van der Waals surface area contributed by atoms with Crippen molar-refractivity contribution in [1.82, 2.24) is 35.2 Å². The molecular weight excluding hydrogens is 248 g/mol. The minimum absolute atomic E-state index is 0.354. The monoisotopic (exact) mass is 258 g/mol. The van der Waals surface area contributed by atoms with Gasteiger partial charge < -0.3 is 16.0 Å². The smallest absolute Gasteiger partial charge is 0.390 e. The quantitative estimate of drug-likeness (QED) is 0.240. The first kappa shape index (κ1) is 13.0. The summed E-state index contributed by atoms with van der Waals surface area (Å²) in [7, 11) is 0. The van der Waals surface area contributed by atoms with E-state index in [-0.39, 0.29) is 0 Å². The summed E-state index contributed by atoms with van der Waals surface area (Å²) < 4.78 is 1.26. The number of rotatable bonds is 2. The number of hydrazine groups is 1. The van der Waals surface area contributed by atoms with E-state index in [0.29, 0.717) is 16.6 Å². The van der Waals surface area contributed by atoms with Crippen LogP contribution in [0.25, 0.3) is 0 Å². The van der Waals surface area contributed by atoms with E-state index in [0.717, 1.165) is 0 Å². The van der Waals surface area contributed by atoms with Crippen LogP contribution in [0.1, 0.15) is 5.82 Å². The minimum atomic E-state index is -0.778. The summed E-state index contributed by atoms with van der Waals surface area (Å²) in [5, 5.41) is 26.0. The number of nitrogens with two attached hydrogens (primary N) is 3. The van der Waals surface area contributed by atoms with E-state index in [4.69, 9.17) is 17.5 Å². The van der Waals surface area contributed by atoms with Gasteiger partial charge in [0.1, 0.15) is 0 Å². The molecule has 0 amide bonds. The largest absolute Gasteiger partial charge is 0.502 e. The van der Waals surface area contributed by atoms with Gasteiger partial charge in [-0.3, -0.25) is 11.3 Å². The average Bonchev–Trinajstić information content (AvgIpc) is 2.88. The summed E-state index contributed by atoms with van der Waals surface area (Å²) in [4.78, 5) is 9.55. The Hall–Kier alpha value is -3.03. The van der Waals surface area contributed by atoms with Crippen LogP contribution in [0.2, 0.25) is 0 Å². The molecule has 0 fully saturated rings. The number of nitro groups is 1. The maximum Gasteiger partial charge on any atom is 0.502 e. The fraction of sp³-hybridized carbons (Fsp3) is 0.250. The lowest BCUT2D eigenvalue weighted by Crippen LogP contribution is -2.18. The topological polar surface area (TPSA) is 208 Å². The number of aryl methyl sites for hydroxylation is 1. The fourth-order valence-electron chi connectivity index (χ4n) is 0.777. The molecule has 0 aromatic carbocycles. The van der Waals surface area contributed by atoms with Gasteiger partial charge in [0.2, 0.25) is 0 Å². The van der Waals surface area contributed by atoms with Gasteiger partial charge in [-0.05, 0) is 16.6 Å². The van der Waals surface area contributed by atoms with Crippen LogP contribution in [0.5, 0.6) is 0 Å². The Morgan fingerprint density at radius 1 is 1.33 bits per heavy atom. The number of anilines is 1. The van der Waals surface area contributed by atoms with E-state index in [1.807, 2.05) is 0 Å². The van der Waals surface area contributed by atoms with Gasteiger partial charge in [-0.1, -0.05) is 0 Å². The molecule has 2 aromatic rings. The van der Waals surface area contributed by atoms with Crippen molar-refractivity contribution in [3.05, 3.63) is 15.9 Å². The third kappa shape index (κ3) is 2.76. The van der Waals surface area contributed by atoms with Gasteiger partial charge in [0.15, 0.2) is 5.82 Å². The Balaban J connectivity index is 0.000000180. The summed E-state index contributed by atoms with van der Waals surface area (Å²) >= 11 is 0. The molecular formula is C4H10N12O2. The molecule has 0 aliphatic carbocycles. The molecule has 2 aromatic heterocycles. The summed E-state index contributed by atoms with van der Waals surface area (Å²) in [5.74, 6) is 15.6. The highest BCUT2D eigenvalue weighted by Crippen LogP contribution is 1.97. The second kappa shape index (κ2) is 5.34. The molecule has 18 heavy (non-hydrogen) atoms. The third-order valence-electron chi connectivity index (χ3n) is 1.63. The van der Waals surface area contributed by atoms with Crippen LogP contribution in [0.4, 0.5) is 11.9 Å². The van der Waals surface area contributed by atoms with E-state index in [1.54, 1.807) is 6.92 Å². The number of hydrogen-bond donors (Lipinski definition) is 4. The average molecular weight is 258 g/mol. The molecule has 0 atom stereocenters. The Kier molecular flexibility index (Phi) is 3.87. The van der Waals surface area contributed by atoms with Crippen LogP contribution in [0, 0.1) is 17.0 Å². The van der Waals surface area contributed by atoms with Crippen LogP contribution < -0.4 is 23.0 Å². The molecule has 7 N–H and O–H groups in total. The maximum absolute atomic E-state index is 9.85. The maximum atomic E-state index is 9.85. The van der Waals surface area contributed by atoms with Gasteiger partial charge in [-0.2, -0.15) is 0 Å². The van der Waals surface area contributed by atoms with Crippen molar-refractivity contribution in [2.24, 2.45) is 5.84 Å². The normalized spacial score (nSPS) is 9.44. The molecule has 14 nitrogen and oxygen atoms in total. The van der Waals surface area contributed by atoms with Gasteiger partial charge in [0.25, 0.3) is 5.95 Å². The predicted octanol–water partition coefficient (Wildman–Crippen LogP) is -3.12. The number of tetrazole rings is 1. The molecule has 2 rings (SSSR count). The summed E-state index contributed by atoms with van der Waals surface area (Å²) in [6, 6.07) is 0. The number of aromatic nitrogens is 7. The highest BCUT2D eigenvalue weighted by Gasteiger charge is 2.13.